The highest BCUT2D eigenvalue weighted by Crippen LogP contribution is 2.25. The molecule has 0 unspecified atom stereocenters. The van der Waals surface area contributed by atoms with Crippen LogP contribution in [-0.2, 0) is 10.0 Å². The highest BCUT2D eigenvalue weighted by molar-refractivity contribution is 7.92. The van der Waals surface area contributed by atoms with Crippen LogP contribution in [0.25, 0.3) is 22.0 Å². The van der Waals surface area contributed by atoms with Crippen molar-refractivity contribution in [2.45, 2.75) is 6.92 Å². The third-order valence-electron chi connectivity index (χ3n) is 4.45. The van der Waals surface area contributed by atoms with E-state index in [9.17, 15) is 8.42 Å². The van der Waals surface area contributed by atoms with Crippen molar-refractivity contribution < 1.29 is 8.42 Å². The van der Waals surface area contributed by atoms with E-state index in [1.165, 1.54) is 5.39 Å². The molecule has 4 rings (SSSR count). The lowest BCUT2D eigenvalue weighted by molar-refractivity contribution is 0.602. The lowest BCUT2D eigenvalue weighted by atomic mass is 10.1. The van der Waals surface area contributed by atoms with Gasteiger partial charge in [0.05, 0.1) is 11.4 Å². The molecular weight excluding hydrogens is 372 g/mol. The molecule has 0 aliphatic heterocycles. The van der Waals surface area contributed by atoms with Crippen LogP contribution in [0, 0.1) is 0 Å². The number of nitrogens with one attached hydrogen (secondary N) is 3. The van der Waals surface area contributed by atoms with Crippen molar-refractivity contribution in [3.8, 4) is 11.3 Å². The van der Waals surface area contributed by atoms with Gasteiger partial charge in [0.2, 0.25) is 10.0 Å². The maximum absolute atomic E-state index is 11.6. The molecule has 3 aromatic carbocycles. The first-order chi connectivity index (χ1) is 13.5. The quantitative estimate of drug-likeness (QED) is 0.442. The summed E-state index contributed by atoms with van der Waals surface area (Å²) in [6.07, 6.45) is 0. The summed E-state index contributed by atoms with van der Waals surface area (Å²) in [5.74, 6) is 0.750. The van der Waals surface area contributed by atoms with E-state index in [0.29, 0.717) is 11.5 Å². The molecule has 0 spiro atoms. The molecule has 28 heavy (non-hydrogen) atoms. The molecule has 0 fully saturated rings. The number of nitrogens with zero attached hydrogens (tertiary/aromatic N) is 1. The van der Waals surface area contributed by atoms with Crippen LogP contribution in [0.15, 0.2) is 72.8 Å². The number of anilines is 3. The first-order valence-corrected chi connectivity index (χ1v) is 10.6. The van der Waals surface area contributed by atoms with Gasteiger partial charge in [0.25, 0.3) is 0 Å². The maximum atomic E-state index is 11.6. The third-order valence-corrected chi connectivity index (χ3v) is 5.76. The van der Waals surface area contributed by atoms with Crippen molar-refractivity contribution in [1.29, 1.82) is 0 Å². The van der Waals surface area contributed by atoms with Gasteiger partial charge in [-0.15, -0.1) is 0 Å². The van der Waals surface area contributed by atoms with E-state index in [0.717, 1.165) is 22.3 Å². The number of aromatic nitrogens is 2. The number of rotatable bonds is 6. The van der Waals surface area contributed by atoms with Gasteiger partial charge in [-0.1, -0.05) is 42.5 Å². The number of hydrogen-bond donors (Lipinski definition) is 3. The second-order valence-corrected chi connectivity index (χ2v) is 8.45. The molecule has 0 saturated carbocycles. The maximum Gasteiger partial charge on any atom is 0.232 e. The fraction of sp³-hybridized carbons (Fsp3) is 0.0952. The lowest BCUT2D eigenvalue weighted by Crippen LogP contribution is -2.14. The zero-order chi connectivity index (χ0) is 19.6. The fourth-order valence-electron chi connectivity index (χ4n) is 2.92. The van der Waals surface area contributed by atoms with Crippen LogP contribution in [0.5, 0.6) is 0 Å². The largest absolute Gasteiger partial charge is 0.339 e. The van der Waals surface area contributed by atoms with E-state index in [4.69, 9.17) is 0 Å². The van der Waals surface area contributed by atoms with Crippen molar-refractivity contribution in [1.82, 2.24) is 10.2 Å². The van der Waals surface area contributed by atoms with Crippen molar-refractivity contribution in [3.63, 3.8) is 0 Å². The van der Waals surface area contributed by atoms with Gasteiger partial charge in [-0.3, -0.25) is 9.82 Å². The average Bonchev–Trinajstić information content (AvgIpc) is 3.16. The van der Waals surface area contributed by atoms with Crippen LogP contribution in [-0.4, -0.2) is 24.4 Å². The average molecular weight is 392 g/mol. The summed E-state index contributed by atoms with van der Waals surface area (Å²) in [5.41, 5.74) is 3.26. The minimum atomic E-state index is -3.28. The van der Waals surface area contributed by atoms with E-state index in [1.807, 2.05) is 36.4 Å². The number of H-pyrrole nitrogens is 1. The molecule has 1 heterocycles. The molecular formula is C21H20N4O2S. The van der Waals surface area contributed by atoms with Crippen LogP contribution >= 0.6 is 0 Å². The molecule has 0 aliphatic rings. The molecule has 0 radical (unpaired) electrons. The Hall–Kier alpha value is -3.32. The molecule has 142 valence electrons. The summed E-state index contributed by atoms with van der Waals surface area (Å²) < 4.78 is 25.8. The van der Waals surface area contributed by atoms with Crippen LogP contribution in [0.1, 0.15) is 6.92 Å². The number of benzene rings is 3. The number of fused-ring (bicyclic) bond motifs is 1. The Morgan fingerprint density at radius 2 is 1.61 bits per heavy atom. The molecule has 0 bridgehead atoms. The van der Waals surface area contributed by atoms with Crippen LogP contribution < -0.4 is 10.0 Å². The minimum Gasteiger partial charge on any atom is -0.339 e. The Morgan fingerprint density at radius 1 is 0.893 bits per heavy atom. The Morgan fingerprint density at radius 3 is 2.36 bits per heavy atom. The second kappa shape index (κ2) is 7.36. The Kier molecular flexibility index (Phi) is 4.75. The van der Waals surface area contributed by atoms with Crippen molar-refractivity contribution in [3.05, 3.63) is 72.8 Å². The SMILES string of the molecule is CCS(=O)(=O)Nc1ccc(-c2cc(Nc3ccc4ccccc4c3)n[nH]2)cc1. The zero-order valence-corrected chi connectivity index (χ0v) is 16.1. The van der Waals surface area contributed by atoms with E-state index in [2.05, 4.69) is 44.5 Å². The summed E-state index contributed by atoms with van der Waals surface area (Å²) in [6, 6.07) is 23.4. The van der Waals surface area contributed by atoms with Crippen LogP contribution in [0.4, 0.5) is 17.2 Å². The molecule has 3 N–H and O–H groups in total. The standard InChI is InChI=1S/C21H20N4O2S/c1-2-28(26,27)25-18-10-8-16(9-11-18)20-14-21(24-23-20)22-19-12-7-15-5-3-4-6-17(15)13-19/h3-14,25H,2H2,1H3,(H2,22,23,24). The normalized spacial score (nSPS) is 11.5. The molecule has 1 aromatic heterocycles. The third kappa shape index (κ3) is 3.99. The second-order valence-electron chi connectivity index (χ2n) is 6.44. The predicted molar refractivity (Wildman–Crippen MR) is 114 cm³/mol. The molecule has 7 heteroatoms. The summed E-state index contributed by atoms with van der Waals surface area (Å²) in [4.78, 5) is 0. The highest BCUT2D eigenvalue weighted by atomic mass is 32.2. The van der Waals surface area contributed by atoms with Crippen LogP contribution in [0.2, 0.25) is 0 Å². The van der Waals surface area contributed by atoms with Gasteiger partial charge in [0, 0.05) is 17.4 Å². The van der Waals surface area contributed by atoms with Gasteiger partial charge < -0.3 is 5.32 Å². The monoisotopic (exact) mass is 392 g/mol. The van der Waals surface area contributed by atoms with E-state index in [-0.39, 0.29) is 5.75 Å². The first-order valence-electron chi connectivity index (χ1n) is 8.94. The number of aromatic amines is 1. The summed E-state index contributed by atoms with van der Waals surface area (Å²) in [6.45, 7) is 1.60. The Labute approximate surface area is 163 Å². The van der Waals surface area contributed by atoms with Gasteiger partial charge in [0.15, 0.2) is 5.82 Å². The van der Waals surface area contributed by atoms with E-state index < -0.39 is 10.0 Å². The molecule has 0 aliphatic carbocycles. The van der Waals surface area contributed by atoms with Crippen molar-refractivity contribution in [2.75, 3.05) is 15.8 Å². The number of hydrogen-bond acceptors (Lipinski definition) is 4. The van der Waals surface area contributed by atoms with Gasteiger partial charge in [0.1, 0.15) is 0 Å². The first kappa shape index (κ1) is 18.1. The van der Waals surface area contributed by atoms with Gasteiger partial charge in [-0.05, 0) is 47.5 Å². The molecule has 0 saturated heterocycles. The van der Waals surface area contributed by atoms with Crippen LogP contribution in [0.3, 0.4) is 0 Å². The fourth-order valence-corrected chi connectivity index (χ4v) is 3.56. The lowest BCUT2D eigenvalue weighted by Gasteiger charge is -2.06. The highest BCUT2D eigenvalue weighted by Gasteiger charge is 2.08. The summed E-state index contributed by atoms with van der Waals surface area (Å²) in [7, 11) is -3.28. The van der Waals surface area contributed by atoms with Gasteiger partial charge in [-0.25, -0.2) is 8.42 Å². The summed E-state index contributed by atoms with van der Waals surface area (Å²) >= 11 is 0. The Bertz CT molecular complexity index is 1210. The molecule has 6 nitrogen and oxygen atoms in total. The molecule has 4 aromatic rings. The smallest absolute Gasteiger partial charge is 0.232 e. The Balaban J connectivity index is 1.50. The van der Waals surface area contributed by atoms with Gasteiger partial charge in [-0.2, -0.15) is 5.10 Å². The summed E-state index contributed by atoms with van der Waals surface area (Å²) in [5, 5.41) is 13.0. The molecule has 0 amide bonds. The van der Waals surface area contributed by atoms with E-state index >= 15 is 0 Å². The van der Waals surface area contributed by atoms with Crippen molar-refractivity contribution >= 4 is 38.0 Å². The molecule has 0 atom stereocenters. The topological polar surface area (TPSA) is 86.9 Å². The minimum absolute atomic E-state index is 0.0408. The van der Waals surface area contributed by atoms with Crippen molar-refractivity contribution in [2.24, 2.45) is 0 Å². The number of sulfonamides is 1. The zero-order valence-electron chi connectivity index (χ0n) is 15.3. The predicted octanol–water partition coefficient (Wildman–Crippen LogP) is 4.74. The van der Waals surface area contributed by atoms with Gasteiger partial charge >= 0.3 is 0 Å². The van der Waals surface area contributed by atoms with E-state index in [1.54, 1.807) is 19.1 Å².